The van der Waals surface area contributed by atoms with E-state index in [1.165, 1.54) is 12.1 Å². The number of halogens is 1. The maximum absolute atomic E-state index is 12.9. The number of hydrogen-bond acceptors (Lipinski definition) is 4. The molecule has 31 heavy (non-hydrogen) atoms. The highest BCUT2D eigenvalue weighted by molar-refractivity contribution is 9.10. The number of benzene rings is 3. The summed E-state index contributed by atoms with van der Waals surface area (Å²) < 4.78 is 27.8. The first kappa shape index (κ1) is 22.9. The topological polar surface area (TPSA) is 92.3 Å². The SMILES string of the molecule is Cc1ccc(S(=O)(=O)NCCC(=O)Nc2ccc(Br)cc2C(=O)c2ccccc2)cc1. The van der Waals surface area contributed by atoms with Gasteiger partial charge in [-0.25, -0.2) is 13.1 Å². The molecule has 1 amide bonds. The highest BCUT2D eigenvalue weighted by Crippen LogP contribution is 2.24. The van der Waals surface area contributed by atoms with Crippen molar-refractivity contribution in [3.8, 4) is 0 Å². The molecule has 0 radical (unpaired) electrons. The Balaban J connectivity index is 1.66. The summed E-state index contributed by atoms with van der Waals surface area (Å²) in [6.45, 7) is 1.80. The zero-order valence-electron chi connectivity index (χ0n) is 16.8. The molecule has 3 aromatic carbocycles. The number of ketones is 1. The molecule has 8 heteroatoms. The van der Waals surface area contributed by atoms with E-state index < -0.39 is 15.9 Å². The number of carbonyl (C=O) groups is 2. The van der Waals surface area contributed by atoms with E-state index in [4.69, 9.17) is 0 Å². The molecule has 2 N–H and O–H groups in total. The minimum atomic E-state index is -3.70. The second kappa shape index (κ2) is 10.00. The van der Waals surface area contributed by atoms with Crippen LogP contribution in [0.25, 0.3) is 0 Å². The molecule has 0 aromatic heterocycles. The second-order valence-corrected chi connectivity index (χ2v) is 9.58. The zero-order chi connectivity index (χ0) is 22.4. The van der Waals surface area contributed by atoms with Crippen molar-refractivity contribution in [2.75, 3.05) is 11.9 Å². The number of sulfonamides is 1. The number of hydrogen-bond donors (Lipinski definition) is 2. The van der Waals surface area contributed by atoms with Crippen LogP contribution in [0.4, 0.5) is 5.69 Å². The predicted molar refractivity (Wildman–Crippen MR) is 124 cm³/mol. The molecule has 0 heterocycles. The lowest BCUT2D eigenvalue weighted by Crippen LogP contribution is -2.28. The highest BCUT2D eigenvalue weighted by Gasteiger charge is 2.17. The molecule has 0 unspecified atom stereocenters. The third kappa shape index (κ3) is 6.10. The zero-order valence-corrected chi connectivity index (χ0v) is 19.2. The van der Waals surface area contributed by atoms with Crippen LogP contribution in [0, 0.1) is 6.92 Å². The van der Waals surface area contributed by atoms with Gasteiger partial charge in [0.05, 0.1) is 10.6 Å². The second-order valence-electron chi connectivity index (χ2n) is 6.89. The summed E-state index contributed by atoms with van der Waals surface area (Å²) in [7, 11) is -3.70. The molecule has 0 saturated carbocycles. The summed E-state index contributed by atoms with van der Waals surface area (Å²) in [6.07, 6.45) is -0.0832. The molecule has 0 saturated heterocycles. The first-order valence-corrected chi connectivity index (χ1v) is 11.8. The summed E-state index contributed by atoms with van der Waals surface area (Å²) in [4.78, 5) is 25.4. The third-order valence-corrected chi connectivity index (χ3v) is 6.48. The van der Waals surface area contributed by atoms with Gasteiger partial charge in [-0.2, -0.15) is 0 Å². The van der Waals surface area contributed by atoms with Gasteiger partial charge in [0.15, 0.2) is 5.78 Å². The van der Waals surface area contributed by atoms with Gasteiger partial charge >= 0.3 is 0 Å². The number of nitrogens with one attached hydrogen (secondary N) is 2. The van der Waals surface area contributed by atoms with E-state index in [0.29, 0.717) is 21.3 Å². The lowest BCUT2D eigenvalue weighted by Gasteiger charge is -2.12. The Morgan fingerprint density at radius 1 is 0.935 bits per heavy atom. The van der Waals surface area contributed by atoms with Crippen molar-refractivity contribution in [1.29, 1.82) is 0 Å². The molecule has 0 atom stereocenters. The van der Waals surface area contributed by atoms with Gasteiger partial charge in [-0.3, -0.25) is 9.59 Å². The van der Waals surface area contributed by atoms with Crippen LogP contribution in [0.15, 0.2) is 82.2 Å². The lowest BCUT2D eigenvalue weighted by atomic mass is 10.0. The molecule has 0 spiro atoms. The standard InChI is InChI=1S/C23H21BrN2O4S/c1-16-7-10-19(11-8-16)31(29,30)25-14-13-22(27)26-21-12-9-18(24)15-20(21)23(28)17-5-3-2-4-6-17/h2-12,15,25H,13-14H2,1H3,(H,26,27). The van der Waals surface area contributed by atoms with Gasteiger partial charge in [-0.05, 0) is 37.3 Å². The van der Waals surface area contributed by atoms with E-state index in [1.54, 1.807) is 54.6 Å². The van der Waals surface area contributed by atoms with Crippen molar-refractivity contribution in [1.82, 2.24) is 4.72 Å². The fraction of sp³-hybridized carbons (Fsp3) is 0.130. The first-order valence-electron chi connectivity index (χ1n) is 9.52. The number of anilines is 1. The number of amides is 1. The van der Waals surface area contributed by atoms with Gasteiger partial charge < -0.3 is 5.32 Å². The van der Waals surface area contributed by atoms with Crippen molar-refractivity contribution in [3.05, 3.63) is 94.0 Å². The van der Waals surface area contributed by atoms with Crippen LogP contribution in [0.3, 0.4) is 0 Å². The molecule has 6 nitrogen and oxygen atoms in total. The average Bonchev–Trinajstić information content (AvgIpc) is 2.75. The molecule has 0 bridgehead atoms. The molecule has 0 aliphatic carbocycles. The maximum Gasteiger partial charge on any atom is 0.240 e. The highest BCUT2D eigenvalue weighted by atomic mass is 79.9. The van der Waals surface area contributed by atoms with Crippen LogP contribution in [-0.4, -0.2) is 26.7 Å². The van der Waals surface area contributed by atoms with Gasteiger partial charge in [0.25, 0.3) is 0 Å². The smallest absolute Gasteiger partial charge is 0.240 e. The van der Waals surface area contributed by atoms with Crippen LogP contribution in [0.1, 0.15) is 27.9 Å². The van der Waals surface area contributed by atoms with Gasteiger partial charge in [0, 0.05) is 28.6 Å². The largest absolute Gasteiger partial charge is 0.325 e. The van der Waals surface area contributed by atoms with Crippen LogP contribution in [-0.2, 0) is 14.8 Å². The van der Waals surface area contributed by atoms with Crippen LogP contribution in [0.5, 0.6) is 0 Å². The van der Waals surface area contributed by atoms with Crippen molar-refractivity contribution >= 4 is 43.3 Å². The van der Waals surface area contributed by atoms with Crippen molar-refractivity contribution < 1.29 is 18.0 Å². The van der Waals surface area contributed by atoms with Crippen molar-refractivity contribution in [2.45, 2.75) is 18.2 Å². The van der Waals surface area contributed by atoms with E-state index in [-0.39, 0.29) is 23.6 Å². The number of carbonyl (C=O) groups excluding carboxylic acids is 2. The molecule has 3 aromatic rings. The fourth-order valence-corrected chi connectivity index (χ4v) is 4.26. The normalized spacial score (nSPS) is 11.2. The average molecular weight is 501 g/mol. The maximum atomic E-state index is 12.9. The fourth-order valence-electron chi connectivity index (χ4n) is 2.87. The summed E-state index contributed by atoms with van der Waals surface area (Å²) >= 11 is 3.35. The van der Waals surface area contributed by atoms with E-state index in [1.807, 2.05) is 13.0 Å². The van der Waals surface area contributed by atoms with Crippen LogP contribution in [0.2, 0.25) is 0 Å². The minimum Gasteiger partial charge on any atom is -0.325 e. The molecular formula is C23H21BrN2O4S. The van der Waals surface area contributed by atoms with E-state index in [2.05, 4.69) is 26.0 Å². The van der Waals surface area contributed by atoms with E-state index in [9.17, 15) is 18.0 Å². The molecule has 0 fully saturated rings. The van der Waals surface area contributed by atoms with Crippen LogP contribution >= 0.6 is 15.9 Å². The Kier molecular flexibility index (Phi) is 7.37. The quantitative estimate of drug-likeness (QED) is 0.451. The monoisotopic (exact) mass is 500 g/mol. The number of rotatable bonds is 8. The Morgan fingerprint density at radius 2 is 1.61 bits per heavy atom. The summed E-state index contributed by atoms with van der Waals surface area (Å²) in [5, 5.41) is 2.71. The number of aryl methyl sites for hydroxylation is 1. The summed E-state index contributed by atoms with van der Waals surface area (Å²) in [5.74, 6) is -0.631. The summed E-state index contributed by atoms with van der Waals surface area (Å²) in [5.41, 5.74) is 2.16. The van der Waals surface area contributed by atoms with Gasteiger partial charge in [-0.1, -0.05) is 64.0 Å². The summed E-state index contributed by atoms with van der Waals surface area (Å²) in [6, 6.07) is 20.2. The lowest BCUT2D eigenvalue weighted by molar-refractivity contribution is -0.116. The Morgan fingerprint density at radius 3 is 2.29 bits per heavy atom. The van der Waals surface area contributed by atoms with Crippen molar-refractivity contribution in [3.63, 3.8) is 0 Å². The molecule has 0 aliphatic heterocycles. The van der Waals surface area contributed by atoms with Crippen LogP contribution < -0.4 is 10.0 Å². The Labute approximate surface area is 189 Å². The van der Waals surface area contributed by atoms with E-state index in [0.717, 1.165) is 5.56 Å². The first-order chi connectivity index (χ1) is 14.8. The van der Waals surface area contributed by atoms with Gasteiger partial charge in [-0.15, -0.1) is 0 Å². The predicted octanol–water partition coefficient (Wildman–Crippen LogP) is 4.30. The Hall–Kier alpha value is -2.81. The minimum absolute atomic E-state index is 0.0689. The Bertz CT molecular complexity index is 1190. The van der Waals surface area contributed by atoms with Gasteiger partial charge in [0.2, 0.25) is 15.9 Å². The molecule has 160 valence electrons. The van der Waals surface area contributed by atoms with E-state index >= 15 is 0 Å². The van der Waals surface area contributed by atoms with Crippen molar-refractivity contribution in [2.24, 2.45) is 0 Å². The molecule has 3 rings (SSSR count). The van der Waals surface area contributed by atoms with Gasteiger partial charge in [0.1, 0.15) is 0 Å². The molecular weight excluding hydrogens is 480 g/mol. The third-order valence-electron chi connectivity index (χ3n) is 4.51. The molecule has 0 aliphatic rings.